The Kier molecular flexibility index (Phi) is 5.73. The van der Waals surface area contributed by atoms with E-state index in [0.717, 1.165) is 68.8 Å². The van der Waals surface area contributed by atoms with Gasteiger partial charge in [-0.25, -0.2) is 4.98 Å². The highest BCUT2D eigenvalue weighted by molar-refractivity contribution is 7.13. The molecule has 6 aromatic heterocycles. The zero-order valence-corrected chi connectivity index (χ0v) is 21.2. The van der Waals surface area contributed by atoms with Crippen molar-refractivity contribution < 1.29 is 0 Å². The topological polar surface area (TPSA) is 95.2 Å². The number of aromatic amines is 2. The van der Waals surface area contributed by atoms with E-state index < -0.39 is 0 Å². The molecular formula is C30H23N7S. The van der Waals surface area contributed by atoms with E-state index >= 15 is 0 Å². The molecule has 0 aliphatic rings. The molecule has 0 saturated carbocycles. The number of pyridine rings is 3. The average Bonchev–Trinajstić information content (AvgIpc) is 3.73. The van der Waals surface area contributed by atoms with E-state index in [1.165, 1.54) is 10.4 Å². The predicted molar refractivity (Wildman–Crippen MR) is 153 cm³/mol. The minimum atomic E-state index is 0.727. The maximum Gasteiger partial charge on any atom is 0.135 e. The molecule has 0 aliphatic heterocycles. The van der Waals surface area contributed by atoms with E-state index in [0.29, 0.717) is 0 Å². The summed E-state index contributed by atoms with van der Waals surface area (Å²) in [6.07, 6.45) is 7.52. The Balaban J connectivity index is 1.20. The van der Waals surface area contributed by atoms with Gasteiger partial charge in [-0.05, 0) is 46.8 Å². The van der Waals surface area contributed by atoms with Crippen molar-refractivity contribution in [3.05, 3.63) is 108 Å². The number of rotatable bonds is 7. The lowest BCUT2D eigenvalue weighted by Crippen LogP contribution is -2.12. The maximum atomic E-state index is 5.01. The Morgan fingerprint density at radius 3 is 2.58 bits per heavy atom. The molecule has 184 valence electrons. The molecule has 0 atom stereocenters. The molecule has 0 radical (unpaired) electrons. The van der Waals surface area contributed by atoms with Gasteiger partial charge in [0.05, 0.1) is 28.6 Å². The summed E-state index contributed by atoms with van der Waals surface area (Å²) in [5, 5.41) is 14.4. The van der Waals surface area contributed by atoms with Gasteiger partial charge in [-0.15, -0.1) is 11.3 Å². The molecule has 0 bridgehead atoms. The Morgan fingerprint density at radius 2 is 1.68 bits per heavy atom. The minimum absolute atomic E-state index is 0.727. The summed E-state index contributed by atoms with van der Waals surface area (Å²) in [4.78, 5) is 18.6. The second kappa shape index (κ2) is 9.66. The van der Waals surface area contributed by atoms with E-state index in [1.54, 1.807) is 11.3 Å². The first-order valence-corrected chi connectivity index (χ1v) is 13.2. The molecule has 0 spiro atoms. The summed E-state index contributed by atoms with van der Waals surface area (Å²) < 4.78 is 0. The Morgan fingerprint density at radius 1 is 0.789 bits per heavy atom. The lowest BCUT2D eigenvalue weighted by atomic mass is 10.1. The average molecular weight is 514 g/mol. The Bertz CT molecular complexity index is 1850. The number of hydrogen-bond donors (Lipinski definition) is 3. The van der Waals surface area contributed by atoms with Gasteiger partial charge in [-0.2, -0.15) is 5.10 Å². The van der Waals surface area contributed by atoms with Crippen molar-refractivity contribution in [1.29, 1.82) is 0 Å². The van der Waals surface area contributed by atoms with Crippen LogP contribution in [0.25, 0.3) is 55.0 Å². The fourth-order valence-electron chi connectivity index (χ4n) is 4.73. The van der Waals surface area contributed by atoms with Crippen molar-refractivity contribution in [1.82, 2.24) is 35.5 Å². The smallest absolute Gasteiger partial charge is 0.135 e. The van der Waals surface area contributed by atoms with Gasteiger partial charge < -0.3 is 10.3 Å². The molecule has 7 rings (SSSR count). The zero-order chi connectivity index (χ0) is 25.3. The maximum absolute atomic E-state index is 5.01. The molecular weight excluding hydrogens is 490 g/mol. The van der Waals surface area contributed by atoms with Crippen LogP contribution in [0.15, 0.2) is 96.9 Å². The summed E-state index contributed by atoms with van der Waals surface area (Å²) in [6.45, 7) is 1.53. The fraction of sp³-hybridized carbons (Fsp3) is 0.0667. The highest BCUT2D eigenvalue weighted by atomic mass is 32.1. The number of H-pyrrole nitrogens is 2. The van der Waals surface area contributed by atoms with Crippen LogP contribution in [0.2, 0.25) is 0 Å². The van der Waals surface area contributed by atoms with Crippen molar-refractivity contribution in [3.8, 4) is 33.1 Å². The molecule has 7 nitrogen and oxygen atoms in total. The third-order valence-corrected chi connectivity index (χ3v) is 7.49. The number of benzene rings is 1. The molecule has 7 aromatic rings. The van der Waals surface area contributed by atoms with Gasteiger partial charge in [0.1, 0.15) is 11.2 Å². The van der Waals surface area contributed by atoms with Crippen molar-refractivity contribution in [2.24, 2.45) is 0 Å². The van der Waals surface area contributed by atoms with Gasteiger partial charge in [0.15, 0.2) is 0 Å². The minimum Gasteiger partial charge on any atom is -0.352 e. The zero-order valence-electron chi connectivity index (χ0n) is 20.3. The van der Waals surface area contributed by atoms with Crippen molar-refractivity contribution in [2.75, 3.05) is 0 Å². The summed E-state index contributed by atoms with van der Waals surface area (Å²) in [6, 6.07) is 22.9. The highest BCUT2D eigenvalue weighted by Gasteiger charge is 2.16. The van der Waals surface area contributed by atoms with E-state index in [4.69, 9.17) is 4.98 Å². The lowest BCUT2D eigenvalue weighted by molar-refractivity contribution is 0.691. The van der Waals surface area contributed by atoms with Crippen LogP contribution in [-0.4, -0.2) is 30.1 Å². The number of fused-ring (bicyclic) bond motifs is 2. The van der Waals surface area contributed by atoms with Crippen LogP contribution in [0.4, 0.5) is 0 Å². The molecule has 0 amide bonds. The predicted octanol–water partition coefficient (Wildman–Crippen LogP) is 6.58. The van der Waals surface area contributed by atoms with Gasteiger partial charge in [0.2, 0.25) is 0 Å². The first kappa shape index (κ1) is 22.5. The largest absolute Gasteiger partial charge is 0.352 e. The first-order chi connectivity index (χ1) is 18.8. The van der Waals surface area contributed by atoms with Crippen molar-refractivity contribution >= 4 is 33.3 Å². The SMILES string of the molecule is c1ccc(CNCc2cncc(-c3ccc4[nH]nc(-c5cc6c(-c7cccs7)cncc6[nH]5)c4n3)c2)cc1. The summed E-state index contributed by atoms with van der Waals surface area (Å²) in [5.41, 5.74) is 9.65. The normalized spacial score (nSPS) is 11.5. The second-order valence-electron chi connectivity index (χ2n) is 9.14. The van der Waals surface area contributed by atoms with E-state index in [9.17, 15) is 0 Å². The number of thiophene rings is 1. The number of hydrogen-bond acceptors (Lipinski definition) is 6. The molecule has 0 aliphatic carbocycles. The number of nitrogens with zero attached hydrogens (tertiary/aromatic N) is 4. The van der Waals surface area contributed by atoms with Gasteiger partial charge in [0.25, 0.3) is 0 Å². The summed E-state index contributed by atoms with van der Waals surface area (Å²) in [5.74, 6) is 0. The van der Waals surface area contributed by atoms with Crippen LogP contribution >= 0.6 is 11.3 Å². The standard InChI is InChI=1S/C30H23N7S/c1-2-5-19(6-3-1)13-31-14-20-11-21(16-32-15-20)24-8-9-25-29(35-24)30(37-36-25)26-12-22-23(28-7-4-10-38-28)17-33-18-27(22)34-26/h1-12,15-18,31,34H,13-14H2,(H,36,37). The van der Waals surface area contributed by atoms with Crippen LogP contribution in [0.3, 0.4) is 0 Å². The Labute approximate surface area is 222 Å². The number of aromatic nitrogens is 6. The monoisotopic (exact) mass is 513 g/mol. The third kappa shape index (κ3) is 4.26. The molecule has 6 heterocycles. The molecule has 0 unspecified atom stereocenters. The quantitative estimate of drug-likeness (QED) is 0.224. The lowest BCUT2D eigenvalue weighted by Gasteiger charge is -2.07. The summed E-state index contributed by atoms with van der Waals surface area (Å²) >= 11 is 1.71. The Hall–Kier alpha value is -4.66. The van der Waals surface area contributed by atoms with Crippen LogP contribution in [0.1, 0.15) is 11.1 Å². The molecule has 3 N–H and O–H groups in total. The fourth-order valence-corrected chi connectivity index (χ4v) is 5.48. The molecule has 0 saturated heterocycles. The van der Waals surface area contributed by atoms with Gasteiger partial charge in [-0.3, -0.25) is 15.1 Å². The molecule has 38 heavy (non-hydrogen) atoms. The molecule has 0 fully saturated rings. The third-order valence-electron chi connectivity index (χ3n) is 6.59. The molecule has 8 heteroatoms. The molecule has 1 aromatic carbocycles. The van der Waals surface area contributed by atoms with Crippen LogP contribution in [0, 0.1) is 0 Å². The number of nitrogens with one attached hydrogen (secondary N) is 3. The van der Waals surface area contributed by atoms with Crippen LogP contribution in [0.5, 0.6) is 0 Å². The second-order valence-corrected chi connectivity index (χ2v) is 10.1. The van der Waals surface area contributed by atoms with Crippen LogP contribution in [-0.2, 0) is 13.1 Å². The summed E-state index contributed by atoms with van der Waals surface area (Å²) in [7, 11) is 0. The van der Waals surface area contributed by atoms with E-state index in [-0.39, 0.29) is 0 Å². The van der Waals surface area contributed by atoms with E-state index in [1.807, 2.05) is 43.0 Å². The van der Waals surface area contributed by atoms with E-state index in [2.05, 4.69) is 84.4 Å². The van der Waals surface area contributed by atoms with Gasteiger partial charge in [0, 0.05) is 53.1 Å². The van der Waals surface area contributed by atoms with Gasteiger partial charge in [-0.1, -0.05) is 36.4 Å². The van der Waals surface area contributed by atoms with Crippen molar-refractivity contribution in [3.63, 3.8) is 0 Å². The van der Waals surface area contributed by atoms with Crippen LogP contribution < -0.4 is 5.32 Å². The first-order valence-electron chi connectivity index (χ1n) is 12.4. The van der Waals surface area contributed by atoms with Gasteiger partial charge >= 0.3 is 0 Å². The van der Waals surface area contributed by atoms with Crippen molar-refractivity contribution in [2.45, 2.75) is 13.1 Å². The highest BCUT2D eigenvalue weighted by Crippen LogP contribution is 2.35.